The number of aromatic amines is 1. The number of carbonyl (C=O) groups is 2. The zero-order valence-electron chi connectivity index (χ0n) is 49.5. The van der Waals surface area contributed by atoms with Gasteiger partial charge in [0.05, 0.1) is 84.0 Å². The van der Waals surface area contributed by atoms with Crippen molar-refractivity contribution in [2.24, 2.45) is 0 Å². The highest BCUT2D eigenvalue weighted by atomic mass is 35.5. The molecule has 8 aromatic carbocycles. The first-order valence-corrected chi connectivity index (χ1v) is 31.0. The lowest BCUT2D eigenvalue weighted by molar-refractivity contribution is 0.0879. The van der Waals surface area contributed by atoms with E-state index in [2.05, 4.69) is 118 Å². The number of benzene rings is 8. The number of fused-ring (bicyclic) bond motifs is 8. The fraction of sp³-hybridized carbons (Fsp3) is 0.243. The molecule has 1 aliphatic heterocycles. The third-order valence-electron chi connectivity index (χ3n) is 13.7. The molecule has 0 aliphatic carbocycles. The fourth-order valence-electron chi connectivity index (χ4n) is 8.84. The summed E-state index contributed by atoms with van der Waals surface area (Å²) in [6, 6.07) is 43.3. The zero-order chi connectivity index (χ0) is 63.1. The van der Waals surface area contributed by atoms with Crippen LogP contribution < -0.4 is 20.3 Å². The number of halogens is 1. The molecule has 0 spiro atoms. The van der Waals surface area contributed by atoms with Gasteiger partial charge in [-0.25, -0.2) is 4.63 Å². The Morgan fingerprint density at radius 3 is 1.46 bits per heavy atom. The van der Waals surface area contributed by atoms with Crippen LogP contribution in [-0.4, -0.2) is 85.1 Å². The van der Waals surface area contributed by atoms with Crippen LogP contribution in [0.25, 0.3) is 77.0 Å². The third-order valence-corrected chi connectivity index (χ3v) is 16.8. The molecule has 8 heterocycles. The van der Waals surface area contributed by atoms with Gasteiger partial charge in [0.15, 0.2) is 5.52 Å². The van der Waals surface area contributed by atoms with Crippen molar-refractivity contribution in [3.8, 4) is 11.5 Å². The number of hydrogen-bond donors (Lipinski definition) is 2. The molecule has 0 atom stereocenters. The van der Waals surface area contributed by atoms with Crippen LogP contribution in [0.1, 0.15) is 117 Å². The van der Waals surface area contributed by atoms with Crippen molar-refractivity contribution < 1.29 is 23.7 Å². The zero-order valence-corrected chi connectivity index (χ0v) is 54.4. The van der Waals surface area contributed by atoms with E-state index in [1.54, 1.807) is 32.5 Å². The molecule has 506 valence electrons. The summed E-state index contributed by atoms with van der Waals surface area (Å²) in [5.41, 5.74) is 19.9. The molecule has 16 rings (SSSR count). The van der Waals surface area contributed by atoms with Crippen LogP contribution >= 0.6 is 70.2 Å². The molecule has 26 heteroatoms. The Kier molecular flexibility index (Phi) is 33.3. The maximum atomic E-state index is 11.2. The predicted octanol–water partition coefficient (Wildman–Crippen LogP) is 19.4. The summed E-state index contributed by atoms with van der Waals surface area (Å²) < 4.78 is 55.8. The molecule has 15 aromatic rings. The summed E-state index contributed by atoms with van der Waals surface area (Å²) in [5, 5.41) is 13.1. The Morgan fingerprint density at radius 2 is 0.854 bits per heavy atom. The number of amides is 2. The predicted molar refractivity (Wildman–Crippen MR) is 405 cm³/mol. The molecule has 0 saturated heterocycles. The minimum atomic E-state index is -0.293. The molecule has 0 bridgehead atoms. The van der Waals surface area contributed by atoms with E-state index in [1.807, 2.05) is 127 Å². The molecule has 0 unspecified atom stereocenters. The molecule has 7 aromatic heterocycles. The normalized spacial score (nSPS) is 10.2. The van der Waals surface area contributed by atoms with Gasteiger partial charge in [-0.3, -0.25) is 19.7 Å². The van der Waals surface area contributed by atoms with E-state index in [4.69, 9.17) is 21.1 Å². The van der Waals surface area contributed by atoms with Gasteiger partial charge in [0.2, 0.25) is 0 Å². The number of nitrogens with one attached hydrogen (secondary N) is 2. The second-order valence-corrected chi connectivity index (χ2v) is 22.7. The number of pyridine rings is 1. The van der Waals surface area contributed by atoms with Crippen LogP contribution in [0.4, 0.5) is 0 Å². The smallest absolute Gasteiger partial charge is 0.277 e. The highest BCUT2D eigenvalue weighted by Crippen LogP contribution is 2.28. The monoisotopic (exact) mass is 1410 g/mol. The van der Waals surface area contributed by atoms with E-state index in [-0.39, 0.29) is 69.4 Å². The maximum absolute atomic E-state index is 11.2. The van der Waals surface area contributed by atoms with Crippen molar-refractivity contribution in [3.63, 3.8) is 0 Å². The van der Waals surface area contributed by atoms with Gasteiger partial charge in [-0.2, -0.15) is 43.7 Å². The van der Waals surface area contributed by atoms with E-state index in [0.717, 1.165) is 117 Å². The largest absolute Gasteiger partial charge is 0.496 e. The summed E-state index contributed by atoms with van der Waals surface area (Å²) in [4.78, 5) is 35.9. The summed E-state index contributed by atoms with van der Waals surface area (Å²) >= 11 is 11.9. The van der Waals surface area contributed by atoms with Crippen molar-refractivity contribution in [1.29, 1.82) is 0 Å². The van der Waals surface area contributed by atoms with Crippen molar-refractivity contribution in [2.45, 2.75) is 107 Å². The molecule has 0 saturated carbocycles. The average Bonchev–Trinajstić information content (AvgIpc) is 1.79. The van der Waals surface area contributed by atoms with Gasteiger partial charge in [0.1, 0.15) is 72.2 Å². The summed E-state index contributed by atoms with van der Waals surface area (Å²) in [6.45, 7) is 15.8. The number of aryl methyl sites for hydroxylation is 8. The van der Waals surface area contributed by atoms with E-state index in [1.165, 1.54) is 68.8 Å². The van der Waals surface area contributed by atoms with Gasteiger partial charge < -0.3 is 14.5 Å². The molecular weight excluding hydrogens is 1330 g/mol. The lowest BCUT2D eigenvalue weighted by atomic mass is 10.0. The molecule has 0 fully saturated rings. The molecule has 2 amide bonds. The second kappa shape index (κ2) is 38.8. The Balaban J connectivity index is 0.000000370. The van der Waals surface area contributed by atoms with E-state index in [0.29, 0.717) is 22.2 Å². The van der Waals surface area contributed by atoms with Crippen molar-refractivity contribution in [1.82, 2.24) is 64.3 Å². The maximum Gasteiger partial charge on any atom is 0.277 e. The highest BCUT2D eigenvalue weighted by Gasteiger charge is 2.27. The van der Waals surface area contributed by atoms with Crippen LogP contribution in [-0.2, 0) is 0 Å². The van der Waals surface area contributed by atoms with E-state index >= 15 is 0 Å². The van der Waals surface area contributed by atoms with Gasteiger partial charge in [0.25, 0.3) is 17.4 Å². The minimum Gasteiger partial charge on any atom is -0.496 e. The molecule has 2 N–H and O–H groups in total. The quantitative estimate of drug-likeness (QED) is 0.152. The summed E-state index contributed by atoms with van der Waals surface area (Å²) in [6.07, 6.45) is 1.64. The van der Waals surface area contributed by atoms with Crippen LogP contribution in [0.2, 0.25) is 5.02 Å². The molecule has 0 radical (unpaired) electrons. The average molecular weight is 1410 g/mol. The Hall–Kier alpha value is -9.50. The minimum absolute atomic E-state index is 0. The third kappa shape index (κ3) is 19.6. The van der Waals surface area contributed by atoms with E-state index in [9.17, 15) is 14.4 Å². The molecular formula is C70H83ClN14O6S5. The molecule has 96 heavy (non-hydrogen) atoms. The number of aromatic nitrogens is 13. The summed E-state index contributed by atoms with van der Waals surface area (Å²) in [7, 11) is 3.30. The first-order chi connectivity index (χ1) is 43.1. The van der Waals surface area contributed by atoms with Gasteiger partial charge >= 0.3 is 0 Å². The van der Waals surface area contributed by atoms with Crippen LogP contribution in [0.3, 0.4) is 0 Å². The first-order valence-electron chi connectivity index (χ1n) is 27.0. The molecule has 1 aliphatic rings. The lowest BCUT2D eigenvalue weighted by Crippen LogP contribution is -2.20. The van der Waals surface area contributed by atoms with Crippen molar-refractivity contribution in [2.75, 3.05) is 14.2 Å². The number of methoxy groups -OCH3 is 2. The topological polar surface area (TPSA) is 265 Å². The first kappa shape index (κ1) is 82.6. The fourth-order valence-corrected chi connectivity index (χ4v) is 12.0. The SMILES string of the molecule is C.C.C.C.C.C.C.COc1ccc(C)c2nsnc12.COc1ccc2nsnc2c1C.Cc1c(Cl)ccc2nsnc12.Cc1c[nH]c(=O)c2nsnc12.Cc1cccc2c1C(=O)NC2=O.Cc1cccc2ccccc12.Cc1cccc2nonc12.Cc1cccc2nsnc12. The van der Waals surface area contributed by atoms with Gasteiger partial charge in [-0.1, -0.05) is 149 Å². The molecule has 20 nitrogen and oxygen atoms in total. The van der Waals surface area contributed by atoms with E-state index < -0.39 is 0 Å². The number of hydrogen-bond acceptors (Lipinski definition) is 23. The van der Waals surface area contributed by atoms with Crippen LogP contribution in [0, 0.1) is 55.4 Å². The van der Waals surface area contributed by atoms with Gasteiger partial charge in [-0.05, 0) is 164 Å². The van der Waals surface area contributed by atoms with Crippen LogP contribution in [0.5, 0.6) is 11.5 Å². The Morgan fingerprint density at radius 1 is 0.385 bits per heavy atom. The number of carbonyl (C=O) groups excluding carboxylic acids is 2. The Labute approximate surface area is 586 Å². The van der Waals surface area contributed by atoms with Crippen molar-refractivity contribution >= 4 is 159 Å². The number of rotatable bonds is 2. The van der Waals surface area contributed by atoms with Gasteiger partial charge in [0, 0.05) is 16.8 Å². The number of nitrogens with zero attached hydrogens (tertiary/aromatic N) is 12. The number of ether oxygens (including phenoxy) is 2. The highest BCUT2D eigenvalue weighted by molar-refractivity contribution is 7.01. The summed E-state index contributed by atoms with van der Waals surface area (Å²) in [5.74, 6) is 1.09. The second-order valence-electron chi connectivity index (χ2n) is 19.6. The number of imide groups is 1. The Bertz CT molecular complexity index is 4930. The van der Waals surface area contributed by atoms with Crippen LogP contribution in [0.15, 0.2) is 149 Å². The number of H-pyrrole nitrogens is 1. The lowest BCUT2D eigenvalue weighted by Gasteiger charge is -2.02. The van der Waals surface area contributed by atoms with Crippen molar-refractivity contribution in [3.05, 3.63) is 211 Å². The standard InChI is InChI=1S/C11H10.C9H7NO2.2C8H8N2OS.C7H5ClN2S.C7H6N2O.C7H6N2S.C6H5N3OS.7CH4/c1-9-5-4-7-10-6-2-3-8-11(9)10;1-5-3-2-4-6-7(5)9(12)10-8(6)11;1-5-7(11-2)4-3-6-8(5)10-12-9-6;1-5-3-4-6(11-2)8-7(5)9-12-10-8;1-4-5(8)2-3-6-7(4)10-11-9-6;2*1-5-3-2-4-6-7(5)9-10-8-6;1-3-2-7-6(10)5-4(3)8-11-9-5;;;;;;;/h2-8H,1H3;2-4H,1H3,(H,10,11,12);2*3-4H,1-2H3;2-3H,1H3;2*2-4H,1H3;2H,1H3,(H,7,10);7*1H4. The van der Waals surface area contributed by atoms with Gasteiger partial charge in [-0.15, -0.1) is 0 Å².